The van der Waals surface area contributed by atoms with Crippen LogP contribution in [0.5, 0.6) is 0 Å². The summed E-state index contributed by atoms with van der Waals surface area (Å²) in [6, 6.07) is 15.4. The monoisotopic (exact) mass is 323 g/mol. The first-order chi connectivity index (χ1) is 11.6. The van der Waals surface area contributed by atoms with Crippen molar-refractivity contribution in [1.82, 2.24) is 15.2 Å². The third kappa shape index (κ3) is 3.79. The van der Waals surface area contributed by atoms with Gasteiger partial charge in [0.25, 0.3) is 0 Å². The van der Waals surface area contributed by atoms with Gasteiger partial charge < -0.3 is 10.2 Å². The van der Waals surface area contributed by atoms with Gasteiger partial charge in [-0.1, -0.05) is 36.4 Å². The average molecular weight is 323 g/mol. The summed E-state index contributed by atoms with van der Waals surface area (Å²) in [6.45, 7) is 2.86. The van der Waals surface area contributed by atoms with Crippen molar-refractivity contribution < 1.29 is 9.59 Å². The second-order valence-electron chi connectivity index (χ2n) is 6.14. The Hall–Kier alpha value is -2.69. The maximum Gasteiger partial charge on any atom is 0.225 e. The van der Waals surface area contributed by atoms with Crippen LogP contribution in [0.4, 0.5) is 0 Å². The molecule has 0 spiro atoms. The highest BCUT2D eigenvalue weighted by Crippen LogP contribution is 2.21. The first-order valence-corrected chi connectivity index (χ1v) is 8.16. The molecule has 3 rings (SSSR count). The zero-order valence-electron chi connectivity index (χ0n) is 13.7. The van der Waals surface area contributed by atoms with Crippen molar-refractivity contribution >= 4 is 11.8 Å². The molecule has 124 valence electrons. The lowest BCUT2D eigenvalue weighted by Crippen LogP contribution is -2.34. The van der Waals surface area contributed by atoms with E-state index in [1.165, 1.54) is 0 Å². The number of hydrogen-bond acceptors (Lipinski definition) is 3. The fourth-order valence-corrected chi connectivity index (χ4v) is 2.94. The molecular weight excluding hydrogens is 302 g/mol. The Kier molecular flexibility index (Phi) is 4.89. The quantitative estimate of drug-likeness (QED) is 0.918. The molecule has 1 aromatic carbocycles. The highest BCUT2D eigenvalue weighted by molar-refractivity contribution is 5.89. The van der Waals surface area contributed by atoms with Crippen molar-refractivity contribution in [1.29, 1.82) is 0 Å². The van der Waals surface area contributed by atoms with E-state index < -0.39 is 0 Å². The van der Waals surface area contributed by atoms with E-state index in [0.29, 0.717) is 13.1 Å². The van der Waals surface area contributed by atoms with Gasteiger partial charge in [-0.05, 0) is 24.6 Å². The standard InChI is InChI=1S/C19H21N3O2/c1-14(15-7-3-2-4-8-15)21-19(24)16-11-18(23)22(12-16)13-17-9-5-6-10-20-17/h2-10,14,16H,11-13H2,1H3,(H,21,24). The summed E-state index contributed by atoms with van der Waals surface area (Å²) < 4.78 is 0. The van der Waals surface area contributed by atoms with Gasteiger partial charge in [-0.25, -0.2) is 0 Å². The molecule has 1 aromatic heterocycles. The lowest BCUT2D eigenvalue weighted by molar-refractivity contribution is -0.129. The SMILES string of the molecule is CC(NC(=O)C1CC(=O)N(Cc2ccccn2)C1)c1ccccc1. The molecule has 0 aliphatic carbocycles. The molecule has 1 saturated heterocycles. The molecule has 1 aliphatic heterocycles. The summed E-state index contributed by atoms with van der Waals surface area (Å²) in [5.41, 5.74) is 1.89. The molecule has 2 aromatic rings. The summed E-state index contributed by atoms with van der Waals surface area (Å²) in [4.78, 5) is 30.6. The zero-order chi connectivity index (χ0) is 16.9. The van der Waals surface area contributed by atoms with Crippen LogP contribution in [-0.2, 0) is 16.1 Å². The van der Waals surface area contributed by atoms with Crippen molar-refractivity contribution in [2.24, 2.45) is 5.92 Å². The van der Waals surface area contributed by atoms with E-state index >= 15 is 0 Å². The molecule has 0 radical (unpaired) electrons. The van der Waals surface area contributed by atoms with E-state index in [4.69, 9.17) is 0 Å². The molecule has 2 heterocycles. The third-order valence-corrected chi connectivity index (χ3v) is 4.32. The Bertz CT molecular complexity index is 703. The highest BCUT2D eigenvalue weighted by Gasteiger charge is 2.34. The van der Waals surface area contributed by atoms with Gasteiger partial charge in [-0.3, -0.25) is 14.6 Å². The molecule has 5 nitrogen and oxygen atoms in total. The molecule has 1 fully saturated rings. The van der Waals surface area contributed by atoms with Crippen molar-refractivity contribution in [2.45, 2.75) is 25.9 Å². The van der Waals surface area contributed by atoms with Crippen molar-refractivity contribution in [3.8, 4) is 0 Å². The van der Waals surface area contributed by atoms with Gasteiger partial charge in [0.05, 0.1) is 24.2 Å². The largest absolute Gasteiger partial charge is 0.349 e. The number of rotatable bonds is 5. The van der Waals surface area contributed by atoms with Crippen molar-refractivity contribution in [2.75, 3.05) is 6.54 Å². The molecule has 24 heavy (non-hydrogen) atoms. The van der Waals surface area contributed by atoms with Crippen molar-refractivity contribution in [3.05, 3.63) is 66.0 Å². The van der Waals surface area contributed by atoms with Crippen LogP contribution in [0.1, 0.15) is 30.6 Å². The summed E-state index contributed by atoms with van der Waals surface area (Å²) in [5, 5.41) is 3.01. The topological polar surface area (TPSA) is 62.3 Å². The van der Waals surface area contributed by atoms with Crippen LogP contribution in [0.3, 0.4) is 0 Å². The third-order valence-electron chi connectivity index (χ3n) is 4.32. The number of benzene rings is 1. The zero-order valence-corrected chi connectivity index (χ0v) is 13.7. The van der Waals surface area contributed by atoms with E-state index in [9.17, 15) is 9.59 Å². The van der Waals surface area contributed by atoms with Gasteiger partial charge in [-0.2, -0.15) is 0 Å². The van der Waals surface area contributed by atoms with E-state index in [0.717, 1.165) is 11.3 Å². The van der Waals surface area contributed by atoms with Crippen molar-refractivity contribution in [3.63, 3.8) is 0 Å². The number of aromatic nitrogens is 1. The molecule has 1 aliphatic rings. The minimum absolute atomic E-state index is 0.00756. The Morgan fingerprint density at radius 3 is 2.71 bits per heavy atom. The fourth-order valence-electron chi connectivity index (χ4n) is 2.94. The predicted octanol–water partition coefficient (Wildman–Crippen LogP) is 2.31. The second kappa shape index (κ2) is 7.25. The van der Waals surface area contributed by atoms with Gasteiger partial charge in [0.15, 0.2) is 0 Å². The summed E-state index contributed by atoms with van der Waals surface area (Å²) in [5.74, 6) is -0.358. The number of pyridine rings is 1. The molecule has 2 atom stereocenters. The Labute approximate surface area is 141 Å². The van der Waals surface area contributed by atoms with Gasteiger partial charge >= 0.3 is 0 Å². The molecule has 1 N–H and O–H groups in total. The maximum absolute atomic E-state index is 12.5. The Balaban J connectivity index is 1.58. The lowest BCUT2D eigenvalue weighted by Gasteiger charge is -2.18. The van der Waals surface area contributed by atoms with Gasteiger partial charge in [0.2, 0.25) is 11.8 Å². The molecule has 5 heteroatoms. The van der Waals surface area contributed by atoms with Gasteiger partial charge in [-0.15, -0.1) is 0 Å². The van der Waals surface area contributed by atoms with Gasteiger partial charge in [0.1, 0.15) is 0 Å². The number of nitrogens with zero attached hydrogens (tertiary/aromatic N) is 2. The number of carbonyl (C=O) groups excluding carboxylic acids is 2. The van der Waals surface area contributed by atoms with E-state index in [-0.39, 0.29) is 30.2 Å². The first-order valence-electron chi connectivity index (χ1n) is 8.16. The number of carbonyl (C=O) groups is 2. The average Bonchev–Trinajstić information content (AvgIpc) is 2.97. The van der Waals surface area contributed by atoms with Gasteiger partial charge in [0, 0.05) is 19.2 Å². The minimum Gasteiger partial charge on any atom is -0.349 e. The van der Waals surface area contributed by atoms with E-state index in [1.807, 2.05) is 55.5 Å². The van der Waals surface area contributed by atoms with E-state index in [1.54, 1.807) is 11.1 Å². The lowest BCUT2D eigenvalue weighted by atomic mass is 10.1. The van der Waals surface area contributed by atoms with Crippen LogP contribution < -0.4 is 5.32 Å². The number of nitrogens with one attached hydrogen (secondary N) is 1. The maximum atomic E-state index is 12.5. The minimum atomic E-state index is -0.299. The van der Waals surface area contributed by atoms with Crippen LogP contribution in [0, 0.1) is 5.92 Å². The second-order valence-corrected chi connectivity index (χ2v) is 6.14. The van der Waals surface area contributed by atoms with Crippen LogP contribution in [0.2, 0.25) is 0 Å². The van der Waals surface area contributed by atoms with Crippen LogP contribution in [0.15, 0.2) is 54.7 Å². The first kappa shape index (κ1) is 16.2. The normalized spacial score (nSPS) is 18.5. The van der Waals surface area contributed by atoms with Crippen LogP contribution in [0.25, 0.3) is 0 Å². The number of amides is 2. The molecule has 2 amide bonds. The predicted molar refractivity (Wildman–Crippen MR) is 90.8 cm³/mol. The fraction of sp³-hybridized carbons (Fsp3) is 0.316. The number of hydrogen-bond donors (Lipinski definition) is 1. The molecule has 0 bridgehead atoms. The summed E-state index contributed by atoms with van der Waals surface area (Å²) in [6.07, 6.45) is 1.97. The summed E-state index contributed by atoms with van der Waals surface area (Å²) in [7, 11) is 0. The summed E-state index contributed by atoms with van der Waals surface area (Å²) >= 11 is 0. The Morgan fingerprint density at radius 1 is 1.25 bits per heavy atom. The van der Waals surface area contributed by atoms with E-state index in [2.05, 4.69) is 10.3 Å². The highest BCUT2D eigenvalue weighted by atomic mass is 16.2. The molecule has 0 saturated carbocycles. The Morgan fingerprint density at radius 2 is 2.00 bits per heavy atom. The number of likely N-dealkylation sites (tertiary alicyclic amines) is 1. The van der Waals surface area contributed by atoms with Crippen LogP contribution >= 0.6 is 0 Å². The molecule has 2 unspecified atom stereocenters. The smallest absolute Gasteiger partial charge is 0.225 e. The molecular formula is C19H21N3O2. The van der Waals surface area contributed by atoms with Crippen LogP contribution in [-0.4, -0.2) is 28.2 Å².